The molecule has 0 aliphatic rings. The maximum absolute atomic E-state index is 14.0. The highest BCUT2D eigenvalue weighted by Gasteiger charge is 2.11. The van der Waals surface area contributed by atoms with E-state index >= 15 is 0 Å². The second-order valence-electron chi connectivity index (χ2n) is 4.41. The summed E-state index contributed by atoms with van der Waals surface area (Å²) in [5.74, 6) is -0.223. The van der Waals surface area contributed by atoms with Crippen molar-refractivity contribution in [3.63, 3.8) is 0 Å². The zero-order valence-corrected chi connectivity index (χ0v) is 11.7. The molecule has 2 aromatic rings. The third kappa shape index (κ3) is 4.01. The van der Waals surface area contributed by atoms with Crippen LogP contribution in [-0.2, 0) is 6.54 Å². The van der Waals surface area contributed by atoms with Crippen molar-refractivity contribution >= 4 is 11.8 Å². The molecule has 0 saturated carbocycles. The van der Waals surface area contributed by atoms with Crippen LogP contribution in [0.1, 0.15) is 19.4 Å². The van der Waals surface area contributed by atoms with E-state index in [4.69, 9.17) is 0 Å². The summed E-state index contributed by atoms with van der Waals surface area (Å²) in [4.78, 5) is 8.77. The molecule has 0 radical (unpaired) electrons. The number of nitrogens with zero attached hydrogens (tertiary/aromatic N) is 2. The first-order valence-corrected chi connectivity index (χ1v) is 6.93. The Morgan fingerprint density at radius 1 is 1.32 bits per heavy atom. The lowest BCUT2D eigenvalue weighted by molar-refractivity contribution is 0.564. The number of nitrogens with one attached hydrogen (secondary N) is 1. The molecule has 0 bridgehead atoms. The van der Waals surface area contributed by atoms with Gasteiger partial charge in [0, 0.05) is 25.0 Å². The molecule has 1 aromatic heterocycles. The zero-order valence-electron chi connectivity index (χ0n) is 10.9. The van der Waals surface area contributed by atoms with Crippen LogP contribution >= 0.6 is 11.8 Å². The Hall–Kier alpha value is -1.46. The topological polar surface area (TPSA) is 37.8 Å². The van der Waals surface area contributed by atoms with Crippen molar-refractivity contribution in [1.82, 2.24) is 15.3 Å². The van der Waals surface area contributed by atoms with E-state index in [2.05, 4.69) is 29.1 Å². The molecular formula is C14H16FN3S. The molecule has 100 valence electrons. The van der Waals surface area contributed by atoms with Gasteiger partial charge in [-0.25, -0.2) is 9.37 Å². The molecule has 0 spiro atoms. The minimum atomic E-state index is -0.223. The molecule has 0 amide bonds. The van der Waals surface area contributed by atoms with E-state index in [1.54, 1.807) is 24.7 Å². The first kappa shape index (κ1) is 14.0. The molecule has 0 atom stereocenters. The van der Waals surface area contributed by atoms with Crippen molar-refractivity contribution in [2.45, 2.75) is 36.4 Å². The lowest BCUT2D eigenvalue weighted by atomic mass is 10.2. The second-order valence-corrected chi connectivity index (χ2v) is 5.44. The van der Waals surface area contributed by atoms with E-state index in [0.717, 1.165) is 5.56 Å². The molecule has 2 rings (SSSR count). The molecule has 3 nitrogen and oxygen atoms in total. The first-order chi connectivity index (χ1) is 9.16. The summed E-state index contributed by atoms with van der Waals surface area (Å²) >= 11 is 1.30. The third-order valence-electron chi connectivity index (χ3n) is 2.50. The van der Waals surface area contributed by atoms with Crippen LogP contribution in [0.4, 0.5) is 4.39 Å². The number of halogens is 1. The predicted octanol–water partition coefficient (Wildman–Crippen LogP) is 3.26. The summed E-state index contributed by atoms with van der Waals surface area (Å²) in [6, 6.07) is 5.49. The smallest absolute Gasteiger partial charge is 0.137 e. The summed E-state index contributed by atoms with van der Waals surface area (Å²) in [5.41, 5.74) is 0.935. The van der Waals surface area contributed by atoms with Gasteiger partial charge in [-0.2, -0.15) is 0 Å². The number of aromatic nitrogens is 2. The van der Waals surface area contributed by atoms with Crippen molar-refractivity contribution in [2.24, 2.45) is 0 Å². The monoisotopic (exact) mass is 277 g/mol. The van der Waals surface area contributed by atoms with Crippen molar-refractivity contribution in [1.29, 1.82) is 0 Å². The average Bonchev–Trinajstić information content (AvgIpc) is 2.40. The molecule has 1 N–H and O–H groups in total. The quantitative estimate of drug-likeness (QED) is 0.910. The molecule has 0 aliphatic heterocycles. The summed E-state index contributed by atoms with van der Waals surface area (Å²) in [5, 5.41) is 3.99. The van der Waals surface area contributed by atoms with Gasteiger partial charge in [-0.05, 0) is 11.6 Å². The van der Waals surface area contributed by atoms with Crippen LogP contribution in [0.15, 0.2) is 46.7 Å². The number of hydrogen-bond donors (Lipinski definition) is 1. The predicted molar refractivity (Wildman–Crippen MR) is 74.5 cm³/mol. The van der Waals surface area contributed by atoms with Crippen LogP contribution in [0, 0.1) is 5.82 Å². The maximum atomic E-state index is 14.0. The van der Waals surface area contributed by atoms with E-state index < -0.39 is 0 Å². The highest BCUT2D eigenvalue weighted by atomic mass is 32.2. The van der Waals surface area contributed by atoms with Gasteiger partial charge in [0.05, 0.1) is 11.1 Å². The van der Waals surface area contributed by atoms with E-state index in [1.165, 1.54) is 17.8 Å². The Balaban J connectivity index is 2.22. The highest BCUT2D eigenvalue weighted by molar-refractivity contribution is 7.99. The Kier molecular flexibility index (Phi) is 4.87. The fourth-order valence-corrected chi connectivity index (χ4v) is 2.44. The Labute approximate surface area is 116 Å². The van der Waals surface area contributed by atoms with Crippen LogP contribution < -0.4 is 5.32 Å². The molecule has 1 heterocycles. The van der Waals surface area contributed by atoms with Gasteiger partial charge in [0.15, 0.2) is 0 Å². The van der Waals surface area contributed by atoms with Crippen LogP contribution in [-0.4, -0.2) is 16.0 Å². The average molecular weight is 277 g/mol. The Bertz CT molecular complexity index is 531. The normalized spacial score (nSPS) is 10.9. The van der Waals surface area contributed by atoms with Crippen LogP contribution in [0.3, 0.4) is 0 Å². The highest BCUT2D eigenvalue weighted by Crippen LogP contribution is 2.31. The van der Waals surface area contributed by atoms with Crippen LogP contribution in [0.5, 0.6) is 0 Å². The third-order valence-corrected chi connectivity index (χ3v) is 3.58. The summed E-state index contributed by atoms with van der Waals surface area (Å²) < 4.78 is 14.0. The molecule has 0 fully saturated rings. The molecular weight excluding hydrogens is 261 g/mol. The summed E-state index contributed by atoms with van der Waals surface area (Å²) in [7, 11) is 0. The Morgan fingerprint density at radius 3 is 2.84 bits per heavy atom. The summed E-state index contributed by atoms with van der Waals surface area (Å²) in [6.45, 7) is 4.77. The zero-order chi connectivity index (χ0) is 13.7. The van der Waals surface area contributed by atoms with Crippen molar-refractivity contribution in [3.8, 4) is 0 Å². The van der Waals surface area contributed by atoms with Gasteiger partial charge in [0.25, 0.3) is 0 Å². The van der Waals surface area contributed by atoms with E-state index in [1.807, 2.05) is 6.07 Å². The fraction of sp³-hybridized carbons (Fsp3) is 0.286. The van der Waals surface area contributed by atoms with Crippen LogP contribution in [0.25, 0.3) is 0 Å². The molecule has 0 aliphatic carbocycles. The van der Waals surface area contributed by atoms with Gasteiger partial charge in [-0.15, -0.1) is 0 Å². The molecule has 0 saturated heterocycles. The lowest BCUT2D eigenvalue weighted by Crippen LogP contribution is -2.22. The van der Waals surface area contributed by atoms with Gasteiger partial charge >= 0.3 is 0 Å². The molecule has 1 aromatic carbocycles. The first-order valence-electron chi connectivity index (χ1n) is 6.11. The van der Waals surface area contributed by atoms with Crippen molar-refractivity contribution < 1.29 is 4.39 Å². The molecule has 19 heavy (non-hydrogen) atoms. The SMILES string of the molecule is CC(C)NCc1cccc(F)c1Sc1cnccn1. The van der Waals surface area contributed by atoms with Crippen LogP contribution in [0.2, 0.25) is 0 Å². The number of benzene rings is 1. The standard InChI is InChI=1S/C14H16FN3S/c1-10(2)18-8-11-4-3-5-12(15)14(11)19-13-9-16-6-7-17-13/h3-7,9-10,18H,8H2,1-2H3. The fourth-order valence-electron chi connectivity index (χ4n) is 1.56. The molecule has 5 heteroatoms. The van der Waals surface area contributed by atoms with E-state index in [-0.39, 0.29) is 5.82 Å². The summed E-state index contributed by atoms with van der Waals surface area (Å²) in [6.07, 6.45) is 4.85. The largest absolute Gasteiger partial charge is 0.310 e. The van der Waals surface area contributed by atoms with Gasteiger partial charge in [0.1, 0.15) is 10.8 Å². The minimum absolute atomic E-state index is 0.223. The second kappa shape index (κ2) is 6.63. The van der Waals surface area contributed by atoms with E-state index in [0.29, 0.717) is 22.5 Å². The minimum Gasteiger partial charge on any atom is -0.310 e. The van der Waals surface area contributed by atoms with Crippen molar-refractivity contribution in [2.75, 3.05) is 0 Å². The number of rotatable bonds is 5. The van der Waals surface area contributed by atoms with Gasteiger partial charge in [0.2, 0.25) is 0 Å². The maximum Gasteiger partial charge on any atom is 0.137 e. The molecule has 0 unspecified atom stereocenters. The van der Waals surface area contributed by atoms with E-state index in [9.17, 15) is 4.39 Å². The lowest BCUT2D eigenvalue weighted by Gasteiger charge is -2.12. The Morgan fingerprint density at radius 2 is 2.16 bits per heavy atom. The van der Waals surface area contributed by atoms with Gasteiger partial charge in [-0.3, -0.25) is 4.98 Å². The number of hydrogen-bond acceptors (Lipinski definition) is 4. The van der Waals surface area contributed by atoms with Crippen molar-refractivity contribution in [3.05, 3.63) is 48.2 Å². The van der Waals surface area contributed by atoms with Gasteiger partial charge < -0.3 is 5.32 Å². The van der Waals surface area contributed by atoms with Gasteiger partial charge in [-0.1, -0.05) is 37.7 Å².